The van der Waals surface area contributed by atoms with Gasteiger partial charge < -0.3 is 10.1 Å². The topological polar surface area (TPSA) is 24.6 Å². The van der Waals surface area contributed by atoms with E-state index in [0.717, 1.165) is 6.42 Å². The van der Waals surface area contributed by atoms with Crippen LogP contribution in [-0.2, 0) is 4.74 Å². The second-order valence-electron chi connectivity index (χ2n) is 4.33. The largest absolute Gasteiger partial charge is 0.368 e. The Morgan fingerprint density at radius 3 is 2.93 bits per heavy atom. The van der Waals surface area contributed by atoms with Crippen molar-refractivity contribution in [3.05, 3.63) is 24.3 Å². The fraction of sp³-hybridized carbons (Fsp3) is 0.500. The molecule has 0 aliphatic carbocycles. The van der Waals surface area contributed by atoms with Crippen molar-refractivity contribution in [3.63, 3.8) is 0 Å². The molecule has 1 N–H and O–H groups in total. The van der Waals surface area contributed by atoms with Gasteiger partial charge in [0.05, 0.1) is 6.10 Å². The van der Waals surface area contributed by atoms with Crippen molar-refractivity contribution in [2.45, 2.75) is 42.2 Å². The minimum Gasteiger partial charge on any atom is -0.368 e. The number of hydrogen-bond acceptors (Lipinski definition) is 3. The van der Waals surface area contributed by atoms with Gasteiger partial charge in [0, 0.05) is 10.6 Å². The summed E-state index contributed by atoms with van der Waals surface area (Å²) in [7, 11) is 0. The van der Waals surface area contributed by atoms with Gasteiger partial charge in [-0.25, -0.2) is 0 Å². The molecule has 1 fully saturated rings. The quantitative estimate of drug-likeness (QED) is 0.777. The van der Waals surface area contributed by atoms with Crippen LogP contribution in [0, 0.1) is 0 Å². The van der Waals surface area contributed by atoms with Crippen LogP contribution in [0.25, 0.3) is 0 Å². The summed E-state index contributed by atoms with van der Waals surface area (Å²) >= 11 is 1.89. The lowest BCUT2D eigenvalue weighted by Crippen LogP contribution is -2.34. The Kier molecular flexibility index (Phi) is 2.01. The predicted molar refractivity (Wildman–Crippen MR) is 63.3 cm³/mol. The van der Waals surface area contributed by atoms with Crippen LogP contribution < -0.4 is 5.32 Å². The van der Waals surface area contributed by atoms with E-state index in [1.54, 1.807) is 0 Å². The Hall–Kier alpha value is -0.670. The minimum absolute atomic E-state index is 0.0321. The van der Waals surface area contributed by atoms with Crippen molar-refractivity contribution in [1.82, 2.24) is 0 Å². The van der Waals surface area contributed by atoms with Crippen LogP contribution in [0.5, 0.6) is 0 Å². The van der Waals surface area contributed by atoms with Gasteiger partial charge in [0.2, 0.25) is 0 Å². The number of fused-ring (bicyclic) bond motifs is 1. The summed E-state index contributed by atoms with van der Waals surface area (Å²) in [5.74, 6) is 0. The maximum absolute atomic E-state index is 5.70. The highest BCUT2D eigenvalue weighted by molar-refractivity contribution is 8.01. The first kappa shape index (κ1) is 9.55. The van der Waals surface area contributed by atoms with Crippen molar-refractivity contribution in [1.29, 1.82) is 0 Å². The number of anilines is 1. The van der Waals surface area contributed by atoms with Crippen LogP contribution in [0.1, 0.15) is 20.3 Å². The zero-order valence-corrected chi connectivity index (χ0v) is 9.80. The molecule has 3 heteroatoms. The first-order valence-electron chi connectivity index (χ1n) is 5.44. The normalized spacial score (nSPS) is 37.2. The standard InChI is InChI=1S/C12H15NOS/c1-3-9-11(14-9)12(2)13-8-6-4-5-7-10(8)15-12/h4-7,9,11,13H,3H2,1-2H3/t9-,11+,12+/m0/s1. The lowest BCUT2D eigenvalue weighted by atomic mass is 10.1. The Morgan fingerprint density at radius 1 is 1.47 bits per heavy atom. The van der Waals surface area contributed by atoms with Crippen molar-refractivity contribution in [3.8, 4) is 0 Å². The van der Waals surface area contributed by atoms with E-state index < -0.39 is 0 Å². The third-order valence-corrected chi connectivity index (χ3v) is 4.45. The second-order valence-corrected chi connectivity index (χ2v) is 5.83. The molecule has 2 heterocycles. The molecule has 0 spiro atoms. The van der Waals surface area contributed by atoms with Gasteiger partial charge in [-0.15, -0.1) is 0 Å². The first-order valence-corrected chi connectivity index (χ1v) is 6.26. The number of thioether (sulfide) groups is 1. The number of ether oxygens (including phenoxy) is 1. The summed E-state index contributed by atoms with van der Waals surface area (Å²) in [5.41, 5.74) is 1.25. The molecule has 2 aliphatic heterocycles. The van der Waals surface area contributed by atoms with Crippen LogP contribution >= 0.6 is 11.8 Å². The van der Waals surface area contributed by atoms with Crippen LogP contribution in [-0.4, -0.2) is 17.1 Å². The third kappa shape index (κ3) is 1.45. The molecule has 3 atom stereocenters. The predicted octanol–water partition coefficient (Wildman–Crippen LogP) is 3.10. The first-order chi connectivity index (χ1) is 7.23. The summed E-state index contributed by atoms with van der Waals surface area (Å²) in [6, 6.07) is 8.46. The van der Waals surface area contributed by atoms with Gasteiger partial charge in [0.15, 0.2) is 0 Å². The van der Waals surface area contributed by atoms with Crippen LogP contribution in [0.15, 0.2) is 29.2 Å². The lowest BCUT2D eigenvalue weighted by molar-refractivity contribution is 0.348. The highest BCUT2D eigenvalue weighted by Gasteiger charge is 2.54. The zero-order valence-electron chi connectivity index (χ0n) is 8.99. The fourth-order valence-corrected chi connectivity index (χ4v) is 3.56. The summed E-state index contributed by atoms with van der Waals surface area (Å²) in [5, 5.41) is 3.58. The average Bonchev–Trinajstić information content (AvgIpc) is 2.95. The Morgan fingerprint density at radius 2 is 2.27 bits per heavy atom. The van der Waals surface area contributed by atoms with Gasteiger partial charge in [-0.05, 0) is 25.5 Å². The highest BCUT2D eigenvalue weighted by atomic mass is 32.2. The van der Waals surface area contributed by atoms with E-state index in [-0.39, 0.29) is 4.87 Å². The van der Waals surface area contributed by atoms with Crippen molar-refractivity contribution < 1.29 is 4.74 Å². The zero-order chi connectivity index (χ0) is 10.5. The Bertz CT molecular complexity index is 368. The van der Waals surface area contributed by atoms with Crippen molar-refractivity contribution >= 4 is 17.4 Å². The number of para-hydroxylation sites is 1. The summed E-state index contributed by atoms with van der Waals surface area (Å²) in [4.78, 5) is 1.37. The fourth-order valence-electron chi connectivity index (χ4n) is 2.25. The smallest absolute Gasteiger partial charge is 0.117 e. The Labute approximate surface area is 94.4 Å². The van der Waals surface area contributed by atoms with E-state index in [0.29, 0.717) is 12.2 Å². The van der Waals surface area contributed by atoms with Crippen molar-refractivity contribution in [2.24, 2.45) is 0 Å². The van der Waals surface area contributed by atoms with Gasteiger partial charge in [0.1, 0.15) is 11.0 Å². The van der Waals surface area contributed by atoms with Gasteiger partial charge in [-0.1, -0.05) is 30.8 Å². The molecule has 0 unspecified atom stereocenters. The maximum Gasteiger partial charge on any atom is 0.117 e. The van der Waals surface area contributed by atoms with Crippen molar-refractivity contribution in [2.75, 3.05) is 5.32 Å². The number of nitrogens with one attached hydrogen (secondary N) is 1. The van der Waals surface area contributed by atoms with Crippen LogP contribution in [0.2, 0.25) is 0 Å². The molecular weight excluding hydrogens is 206 g/mol. The second kappa shape index (κ2) is 3.16. The molecule has 0 aromatic heterocycles. The molecular formula is C12H15NOS. The van der Waals surface area contributed by atoms with E-state index in [4.69, 9.17) is 4.74 Å². The van der Waals surface area contributed by atoms with E-state index >= 15 is 0 Å². The van der Waals surface area contributed by atoms with Gasteiger partial charge in [-0.3, -0.25) is 0 Å². The summed E-state index contributed by atoms with van der Waals surface area (Å²) in [6.45, 7) is 4.42. The van der Waals surface area contributed by atoms with E-state index in [1.807, 2.05) is 11.8 Å². The van der Waals surface area contributed by atoms with E-state index in [1.165, 1.54) is 10.6 Å². The molecule has 1 saturated heterocycles. The molecule has 80 valence electrons. The molecule has 1 aromatic carbocycles. The monoisotopic (exact) mass is 221 g/mol. The molecule has 0 saturated carbocycles. The van der Waals surface area contributed by atoms with E-state index in [9.17, 15) is 0 Å². The van der Waals surface area contributed by atoms with Gasteiger partial charge in [-0.2, -0.15) is 0 Å². The van der Waals surface area contributed by atoms with Gasteiger partial charge in [0.25, 0.3) is 0 Å². The SMILES string of the molecule is CC[C@@H]1O[C@H]1[C@]1(C)Nc2ccccc2S1. The lowest BCUT2D eigenvalue weighted by Gasteiger charge is -2.21. The molecule has 1 aromatic rings. The molecule has 0 amide bonds. The third-order valence-electron chi connectivity index (χ3n) is 3.12. The number of epoxide rings is 1. The molecule has 2 aliphatic rings. The van der Waals surface area contributed by atoms with Crippen LogP contribution in [0.4, 0.5) is 5.69 Å². The average molecular weight is 221 g/mol. The number of hydrogen-bond donors (Lipinski definition) is 1. The minimum atomic E-state index is 0.0321. The molecule has 2 nitrogen and oxygen atoms in total. The van der Waals surface area contributed by atoms with Gasteiger partial charge >= 0.3 is 0 Å². The van der Waals surface area contributed by atoms with Crippen LogP contribution in [0.3, 0.4) is 0 Å². The molecule has 0 bridgehead atoms. The molecule has 15 heavy (non-hydrogen) atoms. The molecule has 3 rings (SSSR count). The number of rotatable bonds is 2. The maximum atomic E-state index is 5.70. The number of benzene rings is 1. The molecule has 0 radical (unpaired) electrons. The van der Waals surface area contributed by atoms with E-state index in [2.05, 4.69) is 43.4 Å². The highest BCUT2D eigenvalue weighted by Crippen LogP contribution is 2.52. The Balaban J connectivity index is 1.83. The summed E-state index contributed by atoms with van der Waals surface area (Å²) < 4.78 is 5.70. The summed E-state index contributed by atoms with van der Waals surface area (Å²) in [6.07, 6.45) is 1.92.